The van der Waals surface area contributed by atoms with Crippen LogP contribution in [-0.4, -0.2) is 12.1 Å². The second kappa shape index (κ2) is 23.6. The molecule has 0 aliphatic rings. The number of anilines is 7. The van der Waals surface area contributed by atoms with Crippen LogP contribution in [0.5, 0.6) is 0 Å². The molecule has 0 fully saturated rings. The lowest BCUT2D eigenvalue weighted by Crippen LogP contribution is -2.39. The molecule has 0 radical (unpaired) electrons. The maximum absolute atomic E-state index is 14.4. The van der Waals surface area contributed by atoms with Crippen LogP contribution in [0.15, 0.2) is 297 Å². The van der Waals surface area contributed by atoms with Gasteiger partial charge < -0.3 is 23.5 Å². The Kier molecular flexibility index (Phi) is 14.5. The van der Waals surface area contributed by atoms with E-state index in [0.717, 1.165) is 129 Å². The summed E-state index contributed by atoms with van der Waals surface area (Å²) in [6.07, 6.45) is 2.02. The zero-order chi connectivity index (χ0) is 63.7. The van der Waals surface area contributed by atoms with Crippen LogP contribution in [0.3, 0.4) is 0 Å². The summed E-state index contributed by atoms with van der Waals surface area (Å²) in [6, 6.07) is 98.9. The van der Waals surface area contributed by atoms with E-state index in [1.807, 2.05) is 61.5 Å². The fraction of sp³-hybridized carbons (Fsp3) is 0.103. The molecule has 2 aromatic heterocycles. The van der Waals surface area contributed by atoms with Crippen molar-refractivity contribution in [3.8, 4) is 44.5 Å². The maximum Gasteiger partial charge on any atom is 0.344 e. The van der Waals surface area contributed by atoms with Crippen molar-refractivity contribution in [2.75, 3.05) is 14.7 Å². The van der Waals surface area contributed by atoms with E-state index in [0.29, 0.717) is 34.4 Å². The number of hydrogen-bond acceptors (Lipinski definition) is 7. The lowest BCUT2D eigenvalue weighted by molar-refractivity contribution is 0.525. The number of benzene rings is 14. The minimum absolute atomic E-state index is 0.332. The molecule has 14 aromatic carbocycles. The molecule has 2 unspecified atom stereocenters. The van der Waals surface area contributed by atoms with Crippen LogP contribution in [0.1, 0.15) is 46.1 Å². The summed E-state index contributed by atoms with van der Waals surface area (Å²) in [6.45, 7) is 11.0. The molecular weight excluding hydrogens is 1150 g/mol. The second-order valence-corrected chi connectivity index (χ2v) is 25.1. The molecule has 7 heteroatoms. The van der Waals surface area contributed by atoms with Gasteiger partial charge in [0.25, 0.3) is 0 Å². The highest BCUT2D eigenvalue weighted by Gasteiger charge is 2.24. The molecule has 94 heavy (non-hydrogen) atoms. The standard InChI is InChI=1S/C87H67N3O4/c1-6-54(3)88(55(4)7-2)73-45-46-75-56(5)83(87(92)94-82(75)53-73)66-22-16-24-72(48-66)90(80-52-64-17-8-10-25-76(64)77-26-11-12-27-78(77)80)70-43-39-60(40-44-70)58-31-29-57(30-32-58)59-37-41-69(42-38-59)89(71-23-15-21-63(47-71)79-51-65-18-9-13-28-81(65)93-86(79)91)74-49-67-35-33-61-19-14-20-62-34-36-68(50-74)85(67)84(61)62/h8-55H,6-7H2,1-5H3. The van der Waals surface area contributed by atoms with Gasteiger partial charge in [0.05, 0.1) is 16.8 Å². The van der Waals surface area contributed by atoms with Gasteiger partial charge in [0, 0.05) is 68.4 Å². The summed E-state index contributed by atoms with van der Waals surface area (Å²) in [5.74, 6) is 0. The molecular formula is C87H67N3O4. The van der Waals surface area contributed by atoms with Crippen molar-refractivity contribution in [3.63, 3.8) is 0 Å². The highest BCUT2D eigenvalue weighted by Crippen LogP contribution is 2.46. The van der Waals surface area contributed by atoms with Gasteiger partial charge in [0.2, 0.25) is 0 Å². The van der Waals surface area contributed by atoms with E-state index in [1.165, 1.54) is 26.9 Å². The molecule has 16 rings (SSSR count). The van der Waals surface area contributed by atoms with Crippen LogP contribution in [0.4, 0.5) is 39.8 Å². The number of aryl methyl sites for hydroxylation is 1. The number of rotatable bonds is 15. The van der Waals surface area contributed by atoms with Gasteiger partial charge in [-0.15, -0.1) is 0 Å². The molecule has 0 saturated carbocycles. The van der Waals surface area contributed by atoms with Crippen molar-refractivity contribution < 1.29 is 8.83 Å². The first-order chi connectivity index (χ1) is 46.0. The van der Waals surface area contributed by atoms with Gasteiger partial charge in [-0.2, -0.15) is 0 Å². The quantitative estimate of drug-likeness (QED) is 0.0748. The van der Waals surface area contributed by atoms with E-state index in [-0.39, 0.29) is 11.3 Å². The van der Waals surface area contributed by atoms with E-state index < -0.39 is 0 Å². The molecule has 2 atom stereocenters. The molecule has 0 aliphatic heterocycles. The monoisotopic (exact) mass is 1220 g/mol. The molecule has 16 aromatic rings. The molecule has 0 amide bonds. The minimum atomic E-state index is -0.376. The van der Waals surface area contributed by atoms with Crippen LogP contribution in [-0.2, 0) is 0 Å². The van der Waals surface area contributed by atoms with Gasteiger partial charge >= 0.3 is 11.3 Å². The predicted molar refractivity (Wildman–Crippen MR) is 395 cm³/mol. The fourth-order valence-electron chi connectivity index (χ4n) is 14.5. The van der Waals surface area contributed by atoms with E-state index in [2.05, 4.69) is 267 Å². The first-order valence-corrected chi connectivity index (χ1v) is 32.6. The number of para-hydroxylation sites is 1. The van der Waals surface area contributed by atoms with Gasteiger partial charge in [0.15, 0.2) is 0 Å². The zero-order valence-electron chi connectivity index (χ0n) is 53.1. The average molecular weight is 1220 g/mol. The van der Waals surface area contributed by atoms with E-state index in [1.54, 1.807) is 0 Å². The molecule has 2 heterocycles. The number of hydrogen-bond donors (Lipinski definition) is 0. The Labute approximate surface area is 545 Å². The normalized spacial score (nSPS) is 12.4. The van der Waals surface area contributed by atoms with Gasteiger partial charge in [0.1, 0.15) is 11.2 Å². The van der Waals surface area contributed by atoms with Crippen molar-refractivity contribution in [1.82, 2.24) is 0 Å². The lowest BCUT2D eigenvalue weighted by Gasteiger charge is -2.36. The zero-order valence-corrected chi connectivity index (χ0v) is 53.1. The van der Waals surface area contributed by atoms with Crippen LogP contribution >= 0.6 is 0 Å². The van der Waals surface area contributed by atoms with Gasteiger partial charge in [-0.3, -0.25) is 0 Å². The summed E-state index contributed by atoms with van der Waals surface area (Å²) in [4.78, 5) is 35.1. The molecule has 0 spiro atoms. The Morgan fingerprint density at radius 3 is 1.47 bits per heavy atom. The Balaban J connectivity index is 0.738. The Hall–Kier alpha value is -11.5. The van der Waals surface area contributed by atoms with Crippen molar-refractivity contribution >= 4 is 116 Å². The molecule has 0 saturated heterocycles. The van der Waals surface area contributed by atoms with Crippen LogP contribution in [0.2, 0.25) is 0 Å². The third-order valence-corrected chi connectivity index (χ3v) is 19.5. The van der Waals surface area contributed by atoms with Crippen molar-refractivity contribution in [3.05, 3.63) is 305 Å². The van der Waals surface area contributed by atoms with Crippen LogP contribution in [0, 0.1) is 6.92 Å². The topological polar surface area (TPSA) is 70.1 Å². The summed E-state index contributed by atoms with van der Waals surface area (Å²) >= 11 is 0. The van der Waals surface area contributed by atoms with Gasteiger partial charge in [-0.1, -0.05) is 196 Å². The first kappa shape index (κ1) is 57.6. The largest absolute Gasteiger partial charge is 0.422 e. The average Bonchev–Trinajstić information content (AvgIpc) is 0.752. The Morgan fingerprint density at radius 2 is 0.819 bits per heavy atom. The third kappa shape index (κ3) is 10.1. The van der Waals surface area contributed by atoms with Gasteiger partial charge in [-0.25, -0.2) is 9.59 Å². The Bertz CT molecular complexity index is 5640. The molecule has 454 valence electrons. The fourth-order valence-corrected chi connectivity index (χ4v) is 14.5. The van der Waals surface area contributed by atoms with Crippen molar-refractivity contribution in [2.24, 2.45) is 0 Å². The second-order valence-electron chi connectivity index (χ2n) is 25.1. The molecule has 7 nitrogen and oxygen atoms in total. The third-order valence-electron chi connectivity index (χ3n) is 19.5. The number of nitrogens with zero attached hydrogens (tertiary/aromatic N) is 3. The summed E-state index contributed by atoms with van der Waals surface area (Å²) in [7, 11) is 0. The van der Waals surface area contributed by atoms with Crippen molar-refractivity contribution in [1.29, 1.82) is 0 Å². The summed E-state index contributed by atoms with van der Waals surface area (Å²) < 4.78 is 12.1. The lowest BCUT2D eigenvalue weighted by atomic mass is 9.93. The summed E-state index contributed by atoms with van der Waals surface area (Å²) in [5, 5.41) is 13.7. The summed E-state index contributed by atoms with van der Waals surface area (Å²) in [5.41, 5.74) is 15.2. The maximum atomic E-state index is 14.4. The highest BCUT2D eigenvalue weighted by molar-refractivity contribution is 6.24. The van der Waals surface area contributed by atoms with Gasteiger partial charge in [-0.05, 0) is 212 Å². The van der Waals surface area contributed by atoms with E-state index >= 15 is 0 Å². The molecule has 0 N–H and O–H groups in total. The van der Waals surface area contributed by atoms with Crippen LogP contribution in [0.25, 0.3) is 120 Å². The molecule has 0 aliphatic carbocycles. The first-order valence-electron chi connectivity index (χ1n) is 32.6. The number of fused-ring (bicyclic) bond motifs is 5. The minimum Gasteiger partial charge on any atom is -0.422 e. The van der Waals surface area contributed by atoms with E-state index in [9.17, 15) is 9.59 Å². The van der Waals surface area contributed by atoms with Crippen LogP contribution < -0.4 is 26.0 Å². The Morgan fingerprint density at radius 1 is 0.330 bits per heavy atom. The smallest absolute Gasteiger partial charge is 0.344 e. The highest BCUT2D eigenvalue weighted by atomic mass is 16.4. The molecule has 0 bridgehead atoms. The predicted octanol–water partition coefficient (Wildman–Crippen LogP) is 23.4. The van der Waals surface area contributed by atoms with E-state index in [4.69, 9.17) is 8.83 Å². The SMILES string of the molecule is CCC(C)N(c1ccc2c(C)c(-c3cccc(N(c4ccc(-c5ccc(-c6ccc(N(c7cccc(-c8cc9ccccc9oc8=O)c7)c7cc8ccc9cccc%10ccc(c7)c8c9%10)cc6)cc5)cc4)c4cc5ccccc5c5ccccc45)c3)c(=O)oc2c1)C(C)CC. The van der Waals surface area contributed by atoms with Crippen molar-refractivity contribution in [2.45, 2.75) is 59.5 Å².